The van der Waals surface area contributed by atoms with Gasteiger partial charge in [-0.25, -0.2) is 4.98 Å². The Morgan fingerprint density at radius 2 is 2.29 bits per heavy atom. The Balaban J connectivity index is 1.86. The van der Waals surface area contributed by atoms with Crippen LogP contribution < -0.4 is 5.32 Å². The lowest BCUT2D eigenvalue weighted by atomic mass is 9.92. The maximum atomic E-state index is 9.89. The van der Waals surface area contributed by atoms with Gasteiger partial charge in [-0.05, 0) is 19.3 Å². The van der Waals surface area contributed by atoms with Gasteiger partial charge in [-0.2, -0.15) is 0 Å². The van der Waals surface area contributed by atoms with E-state index in [9.17, 15) is 5.11 Å². The van der Waals surface area contributed by atoms with Crippen molar-refractivity contribution in [3.63, 3.8) is 0 Å². The second-order valence-corrected chi connectivity index (χ2v) is 4.92. The number of aliphatic hydroxyl groups excluding tert-OH is 1. The Kier molecular flexibility index (Phi) is 4.57. The molecule has 17 heavy (non-hydrogen) atoms. The molecule has 0 radical (unpaired) electrons. The van der Waals surface area contributed by atoms with Crippen LogP contribution in [0.4, 0.5) is 0 Å². The molecule has 0 aliphatic heterocycles. The molecule has 4 heteroatoms. The van der Waals surface area contributed by atoms with Crippen LogP contribution in [-0.2, 0) is 13.1 Å². The molecular weight excluding hydrogens is 214 g/mol. The van der Waals surface area contributed by atoms with Crippen molar-refractivity contribution in [3.8, 4) is 0 Å². The Hall–Kier alpha value is -0.870. The van der Waals surface area contributed by atoms with Gasteiger partial charge in [0.25, 0.3) is 0 Å². The number of aliphatic hydroxyl groups is 1. The Morgan fingerprint density at radius 3 is 3.06 bits per heavy atom. The Labute approximate surface area is 103 Å². The van der Waals surface area contributed by atoms with E-state index in [0.717, 1.165) is 38.8 Å². The Morgan fingerprint density at radius 1 is 1.47 bits per heavy atom. The molecule has 1 aliphatic rings. The lowest BCUT2D eigenvalue weighted by molar-refractivity contribution is 0.0899. The average Bonchev–Trinajstić information content (AvgIpc) is 2.76. The fraction of sp³-hybridized carbons (Fsp3) is 0.769. The van der Waals surface area contributed by atoms with E-state index in [1.54, 1.807) is 0 Å². The smallest absolute Gasteiger partial charge is 0.0948 e. The fourth-order valence-corrected chi connectivity index (χ4v) is 2.52. The second kappa shape index (κ2) is 6.17. The topological polar surface area (TPSA) is 50.1 Å². The molecule has 0 amide bonds. The number of aromatic nitrogens is 2. The molecule has 2 unspecified atom stereocenters. The first-order chi connectivity index (χ1) is 8.31. The first kappa shape index (κ1) is 12.6. The maximum Gasteiger partial charge on any atom is 0.0948 e. The molecule has 96 valence electrons. The van der Waals surface area contributed by atoms with Crippen LogP contribution in [0.3, 0.4) is 0 Å². The molecular formula is C13H23N3O. The first-order valence-electron chi connectivity index (χ1n) is 6.71. The van der Waals surface area contributed by atoms with E-state index in [1.807, 2.05) is 12.5 Å². The predicted molar refractivity (Wildman–Crippen MR) is 67.6 cm³/mol. The normalized spacial score (nSPS) is 25.1. The summed E-state index contributed by atoms with van der Waals surface area (Å²) in [5.41, 5.74) is 1.21. The van der Waals surface area contributed by atoms with Gasteiger partial charge in [-0.1, -0.05) is 19.8 Å². The molecule has 0 saturated heterocycles. The molecule has 1 aromatic rings. The molecule has 0 aromatic carbocycles. The first-order valence-corrected chi connectivity index (χ1v) is 6.71. The van der Waals surface area contributed by atoms with Gasteiger partial charge in [0.1, 0.15) is 0 Å². The zero-order valence-corrected chi connectivity index (χ0v) is 10.6. The van der Waals surface area contributed by atoms with Gasteiger partial charge in [-0.15, -0.1) is 0 Å². The summed E-state index contributed by atoms with van der Waals surface area (Å²) in [7, 11) is 0. The zero-order chi connectivity index (χ0) is 12.1. The highest BCUT2D eigenvalue weighted by atomic mass is 16.3. The van der Waals surface area contributed by atoms with Crippen LogP contribution >= 0.6 is 0 Å². The summed E-state index contributed by atoms with van der Waals surface area (Å²) in [6, 6.07) is 0.258. The van der Waals surface area contributed by atoms with Crippen molar-refractivity contribution in [2.45, 2.75) is 64.3 Å². The molecule has 0 bridgehead atoms. The molecule has 1 saturated carbocycles. The van der Waals surface area contributed by atoms with Crippen molar-refractivity contribution < 1.29 is 5.11 Å². The van der Waals surface area contributed by atoms with Crippen molar-refractivity contribution in [1.82, 2.24) is 14.9 Å². The van der Waals surface area contributed by atoms with Gasteiger partial charge >= 0.3 is 0 Å². The van der Waals surface area contributed by atoms with Crippen LogP contribution in [0.1, 0.15) is 44.7 Å². The molecule has 1 aromatic heterocycles. The minimum absolute atomic E-state index is 0.175. The maximum absolute atomic E-state index is 9.89. The molecule has 1 aliphatic carbocycles. The number of aryl methyl sites for hydroxylation is 1. The summed E-state index contributed by atoms with van der Waals surface area (Å²) < 4.78 is 2.18. The minimum atomic E-state index is -0.175. The molecule has 1 fully saturated rings. The SMILES string of the molecule is CCCn1cncc1CNC1CCCCC1O. The van der Waals surface area contributed by atoms with E-state index in [2.05, 4.69) is 21.8 Å². The third-order valence-corrected chi connectivity index (χ3v) is 3.54. The summed E-state index contributed by atoms with van der Waals surface area (Å²) in [6.07, 6.45) is 9.15. The minimum Gasteiger partial charge on any atom is -0.392 e. The lowest BCUT2D eigenvalue weighted by Crippen LogP contribution is -2.41. The summed E-state index contributed by atoms with van der Waals surface area (Å²) in [5, 5.41) is 13.3. The largest absolute Gasteiger partial charge is 0.392 e. The van der Waals surface area contributed by atoms with E-state index >= 15 is 0 Å². The lowest BCUT2D eigenvalue weighted by Gasteiger charge is -2.28. The number of hydrogen-bond donors (Lipinski definition) is 2. The molecule has 2 atom stereocenters. The third-order valence-electron chi connectivity index (χ3n) is 3.54. The van der Waals surface area contributed by atoms with E-state index in [-0.39, 0.29) is 12.1 Å². The summed E-state index contributed by atoms with van der Waals surface area (Å²) >= 11 is 0. The third kappa shape index (κ3) is 3.30. The average molecular weight is 237 g/mol. The predicted octanol–water partition coefficient (Wildman–Crippen LogP) is 1.69. The second-order valence-electron chi connectivity index (χ2n) is 4.92. The zero-order valence-electron chi connectivity index (χ0n) is 10.6. The van der Waals surface area contributed by atoms with E-state index in [4.69, 9.17) is 0 Å². The molecule has 2 rings (SSSR count). The fourth-order valence-electron chi connectivity index (χ4n) is 2.52. The summed E-state index contributed by atoms with van der Waals surface area (Å²) in [5.74, 6) is 0. The van der Waals surface area contributed by atoms with Gasteiger partial charge in [0, 0.05) is 25.3 Å². The van der Waals surface area contributed by atoms with Crippen molar-refractivity contribution >= 4 is 0 Å². The number of imidazole rings is 1. The molecule has 1 heterocycles. The highest BCUT2D eigenvalue weighted by Crippen LogP contribution is 2.18. The highest BCUT2D eigenvalue weighted by molar-refractivity contribution is 4.98. The number of nitrogens with one attached hydrogen (secondary N) is 1. The van der Waals surface area contributed by atoms with Crippen molar-refractivity contribution in [3.05, 3.63) is 18.2 Å². The number of rotatable bonds is 5. The van der Waals surface area contributed by atoms with E-state index < -0.39 is 0 Å². The molecule has 0 spiro atoms. The van der Waals surface area contributed by atoms with Gasteiger partial charge in [0.2, 0.25) is 0 Å². The van der Waals surface area contributed by atoms with Gasteiger partial charge in [-0.3, -0.25) is 0 Å². The monoisotopic (exact) mass is 237 g/mol. The Bertz CT molecular complexity index is 337. The van der Waals surface area contributed by atoms with Crippen LogP contribution in [0.15, 0.2) is 12.5 Å². The number of nitrogens with zero attached hydrogens (tertiary/aromatic N) is 2. The van der Waals surface area contributed by atoms with Crippen LogP contribution in [0.2, 0.25) is 0 Å². The standard InChI is InChI=1S/C13H23N3O/c1-2-7-16-10-14-8-11(16)9-15-12-5-3-4-6-13(12)17/h8,10,12-13,15,17H,2-7,9H2,1H3. The molecule has 4 nitrogen and oxygen atoms in total. The van der Waals surface area contributed by atoms with Crippen molar-refractivity contribution in [1.29, 1.82) is 0 Å². The van der Waals surface area contributed by atoms with Crippen molar-refractivity contribution in [2.75, 3.05) is 0 Å². The summed E-state index contributed by atoms with van der Waals surface area (Å²) in [6.45, 7) is 3.99. The van der Waals surface area contributed by atoms with Crippen molar-refractivity contribution in [2.24, 2.45) is 0 Å². The van der Waals surface area contributed by atoms with Crippen LogP contribution in [0, 0.1) is 0 Å². The number of hydrogen-bond acceptors (Lipinski definition) is 3. The van der Waals surface area contributed by atoms with Gasteiger partial charge in [0.05, 0.1) is 18.1 Å². The van der Waals surface area contributed by atoms with E-state index in [0.29, 0.717) is 0 Å². The molecule has 2 N–H and O–H groups in total. The van der Waals surface area contributed by atoms with Gasteiger partial charge < -0.3 is 15.0 Å². The highest BCUT2D eigenvalue weighted by Gasteiger charge is 2.22. The van der Waals surface area contributed by atoms with E-state index in [1.165, 1.54) is 12.1 Å². The van der Waals surface area contributed by atoms with Crippen LogP contribution in [0.25, 0.3) is 0 Å². The quantitative estimate of drug-likeness (QED) is 0.819. The van der Waals surface area contributed by atoms with Crippen LogP contribution in [-0.4, -0.2) is 26.8 Å². The van der Waals surface area contributed by atoms with Gasteiger partial charge in [0.15, 0.2) is 0 Å². The summed E-state index contributed by atoms with van der Waals surface area (Å²) in [4.78, 5) is 4.18. The van der Waals surface area contributed by atoms with Crippen LogP contribution in [0.5, 0.6) is 0 Å².